The van der Waals surface area contributed by atoms with E-state index in [0.717, 1.165) is 6.08 Å². The van der Waals surface area contributed by atoms with Gasteiger partial charge in [0.2, 0.25) is 5.91 Å². The van der Waals surface area contributed by atoms with Gasteiger partial charge in [-0.3, -0.25) is 4.79 Å². The Kier molecular flexibility index (Phi) is 4.76. The molecular weight excluding hydrogens is 158 g/mol. The number of aliphatic carboxylic acids is 1. The van der Waals surface area contributed by atoms with Gasteiger partial charge in [0.05, 0.1) is 0 Å². The highest BCUT2D eigenvalue weighted by Gasteiger charge is 2.16. The van der Waals surface area contributed by atoms with Crippen LogP contribution in [0.3, 0.4) is 0 Å². The van der Waals surface area contributed by atoms with E-state index in [1.165, 1.54) is 0 Å². The van der Waals surface area contributed by atoms with Gasteiger partial charge < -0.3 is 10.4 Å². The highest BCUT2D eigenvalue weighted by molar-refractivity contribution is 5.90. The maximum atomic E-state index is 10.7. The Hall–Kier alpha value is -1.32. The fourth-order valence-electron chi connectivity index (χ4n) is 0.777. The van der Waals surface area contributed by atoms with Gasteiger partial charge in [-0.25, -0.2) is 4.79 Å². The third kappa shape index (κ3) is 3.75. The van der Waals surface area contributed by atoms with E-state index in [4.69, 9.17) is 5.11 Å². The van der Waals surface area contributed by atoms with Gasteiger partial charge in [-0.1, -0.05) is 19.9 Å². The molecule has 4 nitrogen and oxygen atoms in total. The van der Waals surface area contributed by atoms with E-state index in [0.29, 0.717) is 12.8 Å². The van der Waals surface area contributed by atoms with Crippen molar-refractivity contribution >= 4 is 11.9 Å². The SMILES string of the molecule is C=CC(=O)N[C@H](CCC)C(=O)O. The van der Waals surface area contributed by atoms with Gasteiger partial charge in [0.25, 0.3) is 0 Å². The lowest BCUT2D eigenvalue weighted by Crippen LogP contribution is -2.39. The second-order valence-corrected chi connectivity index (χ2v) is 2.39. The fourth-order valence-corrected chi connectivity index (χ4v) is 0.777. The van der Waals surface area contributed by atoms with Crippen LogP contribution in [0.2, 0.25) is 0 Å². The first-order chi connectivity index (χ1) is 5.61. The van der Waals surface area contributed by atoms with Crippen LogP contribution in [0.25, 0.3) is 0 Å². The Morgan fingerprint density at radius 2 is 2.25 bits per heavy atom. The number of carbonyl (C=O) groups is 2. The quantitative estimate of drug-likeness (QED) is 0.593. The first kappa shape index (κ1) is 10.7. The molecule has 1 atom stereocenters. The Bertz CT molecular complexity index is 189. The summed E-state index contributed by atoms with van der Waals surface area (Å²) >= 11 is 0. The summed E-state index contributed by atoms with van der Waals surface area (Å²) in [7, 11) is 0. The molecule has 0 aliphatic rings. The smallest absolute Gasteiger partial charge is 0.326 e. The minimum atomic E-state index is -1.01. The number of rotatable bonds is 5. The van der Waals surface area contributed by atoms with Crippen molar-refractivity contribution in [3.63, 3.8) is 0 Å². The maximum Gasteiger partial charge on any atom is 0.326 e. The van der Waals surface area contributed by atoms with Crippen molar-refractivity contribution in [2.24, 2.45) is 0 Å². The van der Waals surface area contributed by atoms with Crippen LogP contribution < -0.4 is 5.32 Å². The number of carboxylic acids is 1. The molecule has 68 valence electrons. The molecule has 0 unspecified atom stereocenters. The van der Waals surface area contributed by atoms with Gasteiger partial charge >= 0.3 is 5.97 Å². The second-order valence-electron chi connectivity index (χ2n) is 2.39. The van der Waals surface area contributed by atoms with Crippen LogP contribution in [-0.4, -0.2) is 23.0 Å². The highest BCUT2D eigenvalue weighted by Crippen LogP contribution is 1.96. The number of carboxylic acid groups (broad SMARTS) is 1. The number of amides is 1. The van der Waals surface area contributed by atoms with E-state index in [-0.39, 0.29) is 0 Å². The third-order valence-corrected chi connectivity index (χ3v) is 1.38. The van der Waals surface area contributed by atoms with E-state index in [9.17, 15) is 9.59 Å². The lowest BCUT2D eigenvalue weighted by Gasteiger charge is -2.11. The van der Waals surface area contributed by atoms with Crippen LogP contribution in [0.5, 0.6) is 0 Å². The first-order valence-electron chi connectivity index (χ1n) is 3.77. The zero-order valence-corrected chi connectivity index (χ0v) is 7.04. The van der Waals surface area contributed by atoms with Crippen LogP contribution in [-0.2, 0) is 9.59 Å². The molecule has 0 saturated heterocycles. The van der Waals surface area contributed by atoms with Crippen LogP contribution >= 0.6 is 0 Å². The lowest BCUT2D eigenvalue weighted by atomic mass is 10.2. The molecule has 0 aromatic rings. The largest absolute Gasteiger partial charge is 0.480 e. The predicted molar refractivity (Wildman–Crippen MR) is 44.7 cm³/mol. The van der Waals surface area contributed by atoms with Gasteiger partial charge in [-0.15, -0.1) is 0 Å². The van der Waals surface area contributed by atoms with Crippen molar-refractivity contribution in [1.82, 2.24) is 5.32 Å². The van der Waals surface area contributed by atoms with Gasteiger partial charge in [-0.05, 0) is 12.5 Å². The molecule has 2 N–H and O–H groups in total. The molecule has 0 aliphatic carbocycles. The zero-order chi connectivity index (χ0) is 9.56. The first-order valence-corrected chi connectivity index (χ1v) is 3.77. The summed E-state index contributed by atoms with van der Waals surface area (Å²) in [6, 6.07) is -0.791. The Morgan fingerprint density at radius 1 is 1.67 bits per heavy atom. The molecular formula is C8H13NO3. The molecule has 0 aliphatic heterocycles. The summed E-state index contributed by atoms with van der Waals surface area (Å²) in [5.41, 5.74) is 0. The molecule has 1 amide bonds. The van der Waals surface area contributed by atoms with E-state index in [1.54, 1.807) is 0 Å². The number of hydrogen-bond acceptors (Lipinski definition) is 2. The molecule has 0 radical (unpaired) electrons. The summed E-state index contributed by atoms with van der Waals surface area (Å²) in [4.78, 5) is 21.2. The summed E-state index contributed by atoms with van der Waals surface area (Å²) in [5.74, 6) is -1.46. The molecule has 0 rings (SSSR count). The number of nitrogens with one attached hydrogen (secondary N) is 1. The van der Waals surface area contributed by atoms with Crippen molar-refractivity contribution < 1.29 is 14.7 Å². The zero-order valence-electron chi connectivity index (χ0n) is 7.04. The summed E-state index contributed by atoms with van der Waals surface area (Å²) in [5, 5.41) is 10.9. The standard InChI is InChI=1S/C8H13NO3/c1-3-5-6(8(11)12)9-7(10)4-2/h4,6H,2-3,5H2,1H3,(H,9,10)(H,11,12)/t6-/m1/s1. The fraction of sp³-hybridized carbons (Fsp3) is 0.500. The minimum Gasteiger partial charge on any atom is -0.480 e. The van der Waals surface area contributed by atoms with E-state index < -0.39 is 17.9 Å². The molecule has 4 heteroatoms. The summed E-state index contributed by atoms with van der Waals surface area (Å²) < 4.78 is 0. The average molecular weight is 171 g/mol. The normalized spacial score (nSPS) is 11.8. The molecule has 12 heavy (non-hydrogen) atoms. The molecule has 0 heterocycles. The van der Waals surface area contributed by atoms with Crippen molar-refractivity contribution in [1.29, 1.82) is 0 Å². The molecule has 0 saturated carbocycles. The van der Waals surface area contributed by atoms with Gasteiger partial charge in [-0.2, -0.15) is 0 Å². The average Bonchev–Trinajstić information content (AvgIpc) is 2.03. The second kappa shape index (κ2) is 5.35. The van der Waals surface area contributed by atoms with Crippen molar-refractivity contribution in [3.8, 4) is 0 Å². The monoisotopic (exact) mass is 171 g/mol. The van der Waals surface area contributed by atoms with Crippen LogP contribution in [0, 0.1) is 0 Å². The summed E-state index contributed by atoms with van der Waals surface area (Å²) in [6.07, 6.45) is 2.22. The van der Waals surface area contributed by atoms with E-state index in [2.05, 4.69) is 11.9 Å². The lowest BCUT2D eigenvalue weighted by molar-refractivity contribution is -0.141. The van der Waals surface area contributed by atoms with Gasteiger partial charge in [0.1, 0.15) is 6.04 Å². The molecule has 0 spiro atoms. The van der Waals surface area contributed by atoms with E-state index >= 15 is 0 Å². The van der Waals surface area contributed by atoms with Crippen molar-refractivity contribution in [3.05, 3.63) is 12.7 Å². The minimum absolute atomic E-state index is 0.439. The summed E-state index contributed by atoms with van der Waals surface area (Å²) in [6.45, 7) is 5.09. The Balaban J connectivity index is 4.03. The highest BCUT2D eigenvalue weighted by atomic mass is 16.4. The molecule has 0 bridgehead atoms. The van der Waals surface area contributed by atoms with Crippen LogP contribution in [0.4, 0.5) is 0 Å². The van der Waals surface area contributed by atoms with E-state index in [1.807, 2.05) is 6.92 Å². The van der Waals surface area contributed by atoms with Crippen molar-refractivity contribution in [2.45, 2.75) is 25.8 Å². The maximum absolute atomic E-state index is 10.7. The number of hydrogen-bond donors (Lipinski definition) is 2. The number of carbonyl (C=O) groups excluding carboxylic acids is 1. The molecule has 0 aromatic carbocycles. The Morgan fingerprint density at radius 3 is 2.58 bits per heavy atom. The van der Waals surface area contributed by atoms with Crippen LogP contribution in [0.15, 0.2) is 12.7 Å². The van der Waals surface area contributed by atoms with Gasteiger partial charge in [0, 0.05) is 0 Å². The Labute approximate surface area is 71.3 Å². The third-order valence-electron chi connectivity index (χ3n) is 1.38. The molecule has 0 aromatic heterocycles. The molecule has 0 fully saturated rings. The van der Waals surface area contributed by atoms with Gasteiger partial charge in [0.15, 0.2) is 0 Å². The van der Waals surface area contributed by atoms with Crippen LogP contribution in [0.1, 0.15) is 19.8 Å². The topological polar surface area (TPSA) is 66.4 Å². The predicted octanol–water partition coefficient (Wildman–Crippen LogP) is 0.542. The van der Waals surface area contributed by atoms with Crippen molar-refractivity contribution in [2.75, 3.05) is 0 Å².